The van der Waals surface area contributed by atoms with E-state index < -0.39 is 5.82 Å². The van der Waals surface area contributed by atoms with E-state index >= 15 is 0 Å². The Balaban J connectivity index is 1.69. The van der Waals surface area contributed by atoms with E-state index in [1.807, 2.05) is 38.1 Å². The summed E-state index contributed by atoms with van der Waals surface area (Å²) < 4.78 is 24.0. The lowest BCUT2D eigenvalue weighted by molar-refractivity contribution is 0.0734. The molecule has 3 rings (SSSR count). The van der Waals surface area contributed by atoms with Crippen LogP contribution in [0.25, 0.3) is 11.4 Å². The molecule has 0 saturated carbocycles. The summed E-state index contributed by atoms with van der Waals surface area (Å²) in [6.45, 7) is 5.01. The van der Waals surface area contributed by atoms with Crippen molar-refractivity contribution in [3.05, 3.63) is 65.8 Å². The second-order valence-electron chi connectivity index (χ2n) is 7.15. The van der Waals surface area contributed by atoms with Gasteiger partial charge in [-0.1, -0.05) is 25.1 Å². The van der Waals surface area contributed by atoms with E-state index in [-0.39, 0.29) is 11.8 Å². The molecule has 1 amide bonds. The van der Waals surface area contributed by atoms with Gasteiger partial charge in [0.15, 0.2) is 0 Å². The maximum atomic E-state index is 13.5. The number of benzene rings is 2. The number of amides is 1. The molecule has 0 spiro atoms. The normalized spacial score (nSPS) is 10.9. The zero-order chi connectivity index (χ0) is 20.8. The summed E-state index contributed by atoms with van der Waals surface area (Å²) in [5.41, 5.74) is 1.14. The Bertz CT molecular complexity index is 954. The zero-order valence-electron chi connectivity index (χ0n) is 16.8. The topological polar surface area (TPSA) is 68.5 Å². The number of ether oxygens (including phenoxy) is 1. The van der Waals surface area contributed by atoms with Gasteiger partial charge < -0.3 is 14.2 Å². The van der Waals surface area contributed by atoms with Gasteiger partial charge >= 0.3 is 0 Å². The molecule has 2 aromatic carbocycles. The summed E-state index contributed by atoms with van der Waals surface area (Å²) in [5, 5.41) is 4.02. The maximum Gasteiger partial charge on any atom is 0.253 e. The van der Waals surface area contributed by atoms with E-state index in [4.69, 9.17) is 9.26 Å². The van der Waals surface area contributed by atoms with Gasteiger partial charge in [-0.3, -0.25) is 4.79 Å². The van der Waals surface area contributed by atoms with Gasteiger partial charge in [-0.25, -0.2) is 4.39 Å². The predicted molar refractivity (Wildman–Crippen MR) is 107 cm³/mol. The van der Waals surface area contributed by atoms with Crippen LogP contribution in [0.4, 0.5) is 4.39 Å². The van der Waals surface area contributed by atoms with Gasteiger partial charge in [0, 0.05) is 30.6 Å². The van der Waals surface area contributed by atoms with Gasteiger partial charge in [0.1, 0.15) is 11.6 Å². The van der Waals surface area contributed by atoms with Gasteiger partial charge in [0.25, 0.3) is 5.91 Å². The average molecular weight is 397 g/mol. The Morgan fingerprint density at radius 1 is 1.21 bits per heavy atom. The molecule has 0 aliphatic carbocycles. The highest BCUT2D eigenvalue weighted by Crippen LogP contribution is 2.20. The van der Waals surface area contributed by atoms with Crippen molar-refractivity contribution >= 4 is 5.91 Å². The lowest BCUT2D eigenvalue weighted by Crippen LogP contribution is -2.36. The number of halogens is 1. The molecule has 29 heavy (non-hydrogen) atoms. The first kappa shape index (κ1) is 20.5. The molecule has 0 N–H and O–H groups in total. The van der Waals surface area contributed by atoms with Crippen molar-refractivity contribution in [3.8, 4) is 17.1 Å². The fourth-order valence-electron chi connectivity index (χ4n) is 2.96. The molecule has 0 aliphatic heterocycles. The van der Waals surface area contributed by atoms with Gasteiger partial charge in [-0.15, -0.1) is 0 Å². The number of carbonyl (C=O) groups is 1. The summed E-state index contributed by atoms with van der Waals surface area (Å²) in [7, 11) is 1.61. The Labute approximate surface area is 169 Å². The lowest BCUT2D eigenvalue weighted by atomic mass is 10.1. The summed E-state index contributed by atoms with van der Waals surface area (Å²) in [6.07, 6.45) is 0.414. The highest BCUT2D eigenvalue weighted by Gasteiger charge is 2.19. The minimum atomic E-state index is -0.429. The molecule has 0 atom stereocenters. The smallest absolute Gasteiger partial charge is 0.253 e. The molecular formula is C22H24FN3O3. The number of hydrogen-bond donors (Lipinski definition) is 0. The van der Waals surface area contributed by atoms with Crippen LogP contribution in [-0.4, -0.2) is 41.1 Å². The number of carbonyl (C=O) groups excluding carboxylic acids is 1. The van der Waals surface area contributed by atoms with Crippen LogP contribution in [0, 0.1) is 11.7 Å². The van der Waals surface area contributed by atoms with E-state index in [0.29, 0.717) is 36.8 Å². The minimum absolute atomic E-state index is 0.215. The second kappa shape index (κ2) is 9.32. The van der Waals surface area contributed by atoms with Crippen LogP contribution in [0.15, 0.2) is 53.1 Å². The molecule has 0 radical (unpaired) electrons. The first-order valence-corrected chi connectivity index (χ1v) is 9.48. The highest BCUT2D eigenvalue weighted by molar-refractivity contribution is 5.94. The Kier molecular flexibility index (Phi) is 6.59. The van der Waals surface area contributed by atoms with E-state index in [2.05, 4.69) is 10.1 Å². The number of nitrogens with zero attached hydrogens (tertiary/aromatic N) is 3. The van der Waals surface area contributed by atoms with Crippen molar-refractivity contribution < 1.29 is 18.4 Å². The standard InChI is InChI=1S/C22H24FN3O3/c1-15(2)14-26(22(27)17-5-4-6-18(23)13-17)12-11-20-24-21(25-29-20)16-7-9-19(28-3)10-8-16/h4-10,13,15H,11-12,14H2,1-3H3. The lowest BCUT2D eigenvalue weighted by Gasteiger charge is -2.24. The third kappa shape index (κ3) is 5.40. The van der Waals surface area contributed by atoms with Crippen LogP contribution in [0.1, 0.15) is 30.1 Å². The monoisotopic (exact) mass is 397 g/mol. The summed E-state index contributed by atoms with van der Waals surface area (Å²) in [4.78, 5) is 18.9. The second-order valence-corrected chi connectivity index (χ2v) is 7.15. The first-order chi connectivity index (χ1) is 14.0. The summed E-state index contributed by atoms with van der Waals surface area (Å²) in [6, 6.07) is 13.1. The van der Waals surface area contributed by atoms with Gasteiger partial charge in [0.2, 0.25) is 11.7 Å². The minimum Gasteiger partial charge on any atom is -0.497 e. The van der Waals surface area contributed by atoms with Gasteiger partial charge in [-0.2, -0.15) is 4.98 Å². The molecule has 3 aromatic rings. The molecule has 0 bridgehead atoms. The Morgan fingerprint density at radius 3 is 2.62 bits per heavy atom. The fraction of sp³-hybridized carbons (Fsp3) is 0.318. The molecule has 0 unspecified atom stereocenters. The van der Waals surface area contributed by atoms with Crippen LogP contribution in [0.3, 0.4) is 0 Å². The van der Waals surface area contributed by atoms with Crippen molar-refractivity contribution in [2.24, 2.45) is 5.92 Å². The van der Waals surface area contributed by atoms with Crippen LogP contribution in [-0.2, 0) is 6.42 Å². The van der Waals surface area contributed by atoms with Crippen LogP contribution < -0.4 is 4.74 Å². The third-order valence-corrected chi connectivity index (χ3v) is 4.36. The van der Waals surface area contributed by atoms with Crippen LogP contribution in [0.2, 0.25) is 0 Å². The van der Waals surface area contributed by atoms with Crippen molar-refractivity contribution in [3.63, 3.8) is 0 Å². The van der Waals surface area contributed by atoms with E-state index in [9.17, 15) is 9.18 Å². The van der Waals surface area contributed by atoms with Crippen molar-refractivity contribution in [1.29, 1.82) is 0 Å². The van der Waals surface area contributed by atoms with Crippen molar-refractivity contribution in [1.82, 2.24) is 15.0 Å². The summed E-state index contributed by atoms with van der Waals surface area (Å²) >= 11 is 0. The quantitative estimate of drug-likeness (QED) is 0.569. The molecule has 6 nitrogen and oxygen atoms in total. The largest absolute Gasteiger partial charge is 0.497 e. The van der Waals surface area contributed by atoms with E-state index in [0.717, 1.165) is 11.3 Å². The van der Waals surface area contributed by atoms with Gasteiger partial charge in [0.05, 0.1) is 7.11 Å². The van der Waals surface area contributed by atoms with E-state index in [1.54, 1.807) is 18.1 Å². The average Bonchev–Trinajstić information content (AvgIpc) is 3.19. The molecule has 7 heteroatoms. The van der Waals surface area contributed by atoms with Crippen molar-refractivity contribution in [2.75, 3.05) is 20.2 Å². The Hall–Kier alpha value is -3.22. The zero-order valence-corrected chi connectivity index (χ0v) is 16.8. The molecule has 0 aliphatic rings. The number of rotatable bonds is 8. The Morgan fingerprint density at radius 2 is 1.97 bits per heavy atom. The number of hydrogen-bond acceptors (Lipinski definition) is 5. The maximum absolute atomic E-state index is 13.5. The number of methoxy groups -OCH3 is 1. The van der Waals surface area contributed by atoms with Crippen molar-refractivity contribution in [2.45, 2.75) is 20.3 Å². The third-order valence-electron chi connectivity index (χ3n) is 4.36. The van der Waals surface area contributed by atoms with Crippen LogP contribution in [0.5, 0.6) is 5.75 Å². The SMILES string of the molecule is COc1ccc(-c2noc(CCN(CC(C)C)C(=O)c3cccc(F)c3)n2)cc1. The van der Waals surface area contributed by atoms with E-state index in [1.165, 1.54) is 18.2 Å². The molecule has 0 saturated heterocycles. The molecule has 152 valence electrons. The molecule has 1 heterocycles. The molecule has 1 aromatic heterocycles. The first-order valence-electron chi connectivity index (χ1n) is 9.48. The summed E-state index contributed by atoms with van der Waals surface area (Å²) in [5.74, 6) is 1.29. The van der Waals surface area contributed by atoms with Crippen LogP contribution >= 0.6 is 0 Å². The molecule has 0 fully saturated rings. The predicted octanol–water partition coefficient (Wildman–Crippen LogP) is 4.23. The van der Waals surface area contributed by atoms with Gasteiger partial charge in [-0.05, 0) is 48.4 Å². The highest BCUT2D eigenvalue weighted by atomic mass is 19.1. The fourth-order valence-corrected chi connectivity index (χ4v) is 2.96. The number of aromatic nitrogens is 2. The molecular weight excluding hydrogens is 373 g/mol.